The normalized spacial score (nSPS) is 16.2. The molecule has 1 aromatic heterocycles. The summed E-state index contributed by atoms with van der Waals surface area (Å²) in [6, 6.07) is 21.8. The number of allylic oxidation sites excluding steroid dienone is 1. The molecule has 0 bridgehead atoms. The lowest BCUT2D eigenvalue weighted by Gasteiger charge is -2.26. The topological polar surface area (TPSA) is 67.1 Å². The summed E-state index contributed by atoms with van der Waals surface area (Å²) in [6.45, 7) is 0. The molecule has 0 saturated heterocycles. The van der Waals surface area contributed by atoms with E-state index in [2.05, 4.69) is 33.1 Å². The predicted octanol–water partition coefficient (Wildman–Crippen LogP) is 4.17. The molecular formula is C21H15N3O2. The van der Waals surface area contributed by atoms with E-state index in [-0.39, 0.29) is 11.7 Å². The van der Waals surface area contributed by atoms with Crippen LogP contribution in [0.4, 0.5) is 5.95 Å². The van der Waals surface area contributed by atoms with Gasteiger partial charge in [-0.3, -0.25) is 4.57 Å². The maximum absolute atomic E-state index is 11.7. The summed E-state index contributed by atoms with van der Waals surface area (Å²) in [6.07, 6.45) is 1.76. The molecule has 1 aliphatic heterocycles. The highest BCUT2D eigenvalue weighted by molar-refractivity contribution is 5.93. The van der Waals surface area contributed by atoms with Crippen LogP contribution in [0.15, 0.2) is 78.5 Å². The molecule has 1 aliphatic rings. The first-order valence-electron chi connectivity index (χ1n) is 8.39. The fourth-order valence-electron chi connectivity index (χ4n) is 3.67. The second-order valence-corrected chi connectivity index (χ2v) is 6.32. The van der Waals surface area contributed by atoms with Crippen molar-refractivity contribution in [2.45, 2.75) is 6.04 Å². The van der Waals surface area contributed by atoms with Crippen molar-refractivity contribution in [3.05, 3.63) is 84.1 Å². The molecule has 0 aliphatic carbocycles. The molecule has 126 valence electrons. The maximum atomic E-state index is 11.7. The summed E-state index contributed by atoms with van der Waals surface area (Å²) in [7, 11) is 0. The van der Waals surface area contributed by atoms with Crippen LogP contribution in [0.5, 0.6) is 0 Å². The van der Waals surface area contributed by atoms with Gasteiger partial charge in [-0.05, 0) is 34.5 Å². The van der Waals surface area contributed by atoms with E-state index in [1.807, 2.05) is 48.5 Å². The number of nitrogens with one attached hydrogen (secondary N) is 1. The summed E-state index contributed by atoms with van der Waals surface area (Å²) in [5.41, 5.74) is 2.99. The second kappa shape index (κ2) is 5.46. The summed E-state index contributed by atoms with van der Waals surface area (Å²) < 4.78 is 2.06. The van der Waals surface area contributed by atoms with Gasteiger partial charge in [-0.2, -0.15) is 0 Å². The minimum atomic E-state index is -0.992. The van der Waals surface area contributed by atoms with Crippen molar-refractivity contribution in [3.63, 3.8) is 0 Å². The number of nitrogens with zero attached hydrogens (tertiary/aromatic N) is 2. The molecule has 0 fully saturated rings. The molecule has 0 radical (unpaired) electrons. The Morgan fingerprint density at radius 3 is 2.65 bits per heavy atom. The molecule has 5 heteroatoms. The van der Waals surface area contributed by atoms with E-state index in [0.29, 0.717) is 5.95 Å². The smallest absolute Gasteiger partial charge is 0.352 e. The number of hydrogen-bond donors (Lipinski definition) is 2. The largest absolute Gasteiger partial charge is 0.477 e. The van der Waals surface area contributed by atoms with E-state index in [9.17, 15) is 9.90 Å². The third-order valence-electron chi connectivity index (χ3n) is 4.82. The molecule has 0 unspecified atom stereocenters. The number of imidazole rings is 1. The Morgan fingerprint density at radius 2 is 1.77 bits per heavy atom. The Balaban J connectivity index is 1.83. The standard InChI is InChI=1S/C21H15N3O2/c25-20(26)17-12-19(15-9-5-7-13-6-1-2-8-14(13)15)24-18-11-4-3-10-16(18)22-21(24)23-17/h1-12,19H,(H,22,23)(H,25,26)/t19-/m1/s1. The predicted molar refractivity (Wildman–Crippen MR) is 101 cm³/mol. The number of rotatable bonds is 2. The molecule has 1 atom stereocenters. The average Bonchev–Trinajstić information content (AvgIpc) is 3.05. The minimum absolute atomic E-state index is 0.144. The zero-order chi connectivity index (χ0) is 17.7. The fourth-order valence-corrected chi connectivity index (χ4v) is 3.67. The molecule has 5 rings (SSSR count). The molecule has 0 spiro atoms. The van der Waals surface area contributed by atoms with Gasteiger partial charge in [-0.15, -0.1) is 0 Å². The van der Waals surface area contributed by atoms with Crippen molar-refractivity contribution in [2.75, 3.05) is 5.32 Å². The first-order chi connectivity index (χ1) is 12.7. The SMILES string of the molecule is O=C(O)C1=C[C@H](c2cccc3ccccc23)n2c(nc3ccccc32)N1. The number of anilines is 1. The van der Waals surface area contributed by atoms with Gasteiger partial charge in [-0.25, -0.2) is 9.78 Å². The first-order valence-corrected chi connectivity index (χ1v) is 8.39. The van der Waals surface area contributed by atoms with Crippen LogP contribution in [0.1, 0.15) is 11.6 Å². The van der Waals surface area contributed by atoms with Gasteiger partial charge in [0.05, 0.1) is 17.1 Å². The van der Waals surface area contributed by atoms with Gasteiger partial charge < -0.3 is 10.4 Å². The Bertz CT molecular complexity index is 1200. The van der Waals surface area contributed by atoms with E-state index >= 15 is 0 Å². The number of fused-ring (bicyclic) bond motifs is 4. The van der Waals surface area contributed by atoms with Crippen LogP contribution in [-0.4, -0.2) is 20.6 Å². The van der Waals surface area contributed by atoms with Gasteiger partial charge in [0.15, 0.2) is 0 Å². The molecule has 0 saturated carbocycles. The van der Waals surface area contributed by atoms with Crippen LogP contribution in [0.3, 0.4) is 0 Å². The van der Waals surface area contributed by atoms with E-state index in [0.717, 1.165) is 27.4 Å². The van der Waals surface area contributed by atoms with Crippen LogP contribution in [0.25, 0.3) is 21.8 Å². The molecule has 2 heterocycles. The minimum Gasteiger partial charge on any atom is -0.477 e. The lowest BCUT2D eigenvalue weighted by molar-refractivity contribution is -0.132. The number of carboxylic acid groups (broad SMARTS) is 1. The lowest BCUT2D eigenvalue weighted by atomic mass is 9.97. The summed E-state index contributed by atoms with van der Waals surface area (Å²) >= 11 is 0. The third kappa shape index (κ3) is 2.10. The number of carboxylic acids is 1. The van der Waals surface area contributed by atoms with Crippen LogP contribution >= 0.6 is 0 Å². The molecule has 3 aromatic carbocycles. The number of aliphatic carboxylic acids is 1. The highest BCUT2D eigenvalue weighted by atomic mass is 16.4. The number of para-hydroxylation sites is 2. The number of hydrogen-bond acceptors (Lipinski definition) is 3. The average molecular weight is 341 g/mol. The van der Waals surface area contributed by atoms with Gasteiger partial charge >= 0.3 is 5.97 Å². The second-order valence-electron chi connectivity index (χ2n) is 6.32. The van der Waals surface area contributed by atoms with Gasteiger partial charge in [-0.1, -0.05) is 54.6 Å². The molecule has 26 heavy (non-hydrogen) atoms. The van der Waals surface area contributed by atoms with Crippen molar-refractivity contribution in [2.24, 2.45) is 0 Å². The Morgan fingerprint density at radius 1 is 1.00 bits per heavy atom. The quantitative estimate of drug-likeness (QED) is 0.574. The number of benzene rings is 3. The molecular weight excluding hydrogens is 326 g/mol. The van der Waals surface area contributed by atoms with Crippen molar-refractivity contribution in [3.8, 4) is 0 Å². The molecule has 0 amide bonds. The van der Waals surface area contributed by atoms with Crippen molar-refractivity contribution in [1.82, 2.24) is 9.55 Å². The first kappa shape index (κ1) is 14.7. The maximum Gasteiger partial charge on any atom is 0.352 e. The zero-order valence-electron chi connectivity index (χ0n) is 13.8. The van der Waals surface area contributed by atoms with E-state index in [1.165, 1.54) is 0 Å². The fraction of sp³-hybridized carbons (Fsp3) is 0.0476. The van der Waals surface area contributed by atoms with E-state index in [4.69, 9.17) is 0 Å². The summed E-state index contributed by atoms with van der Waals surface area (Å²) in [5.74, 6) is -0.447. The van der Waals surface area contributed by atoms with Gasteiger partial charge in [0.1, 0.15) is 5.70 Å². The van der Waals surface area contributed by atoms with Crippen molar-refractivity contribution < 1.29 is 9.90 Å². The Labute approximate surface area is 149 Å². The highest BCUT2D eigenvalue weighted by Gasteiger charge is 2.27. The van der Waals surface area contributed by atoms with Crippen LogP contribution in [0, 0.1) is 0 Å². The van der Waals surface area contributed by atoms with Crippen molar-refractivity contribution in [1.29, 1.82) is 0 Å². The zero-order valence-corrected chi connectivity index (χ0v) is 13.8. The highest BCUT2D eigenvalue weighted by Crippen LogP contribution is 2.37. The molecule has 4 aromatic rings. The van der Waals surface area contributed by atoms with Gasteiger partial charge in [0.25, 0.3) is 0 Å². The Kier molecular flexibility index (Phi) is 3.09. The number of aromatic nitrogens is 2. The van der Waals surface area contributed by atoms with E-state index < -0.39 is 5.97 Å². The lowest BCUT2D eigenvalue weighted by Crippen LogP contribution is -2.23. The summed E-state index contributed by atoms with van der Waals surface area (Å²) in [5, 5.41) is 14.7. The van der Waals surface area contributed by atoms with Crippen LogP contribution in [-0.2, 0) is 4.79 Å². The number of carbonyl (C=O) groups is 1. The molecule has 5 nitrogen and oxygen atoms in total. The van der Waals surface area contributed by atoms with Crippen LogP contribution < -0.4 is 5.32 Å². The summed E-state index contributed by atoms with van der Waals surface area (Å²) in [4.78, 5) is 16.2. The molecule has 2 N–H and O–H groups in total. The monoisotopic (exact) mass is 341 g/mol. The van der Waals surface area contributed by atoms with Crippen LogP contribution in [0.2, 0.25) is 0 Å². The van der Waals surface area contributed by atoms with Crippen molar-refractivity contribution >= 4 is 33.7 Å². The van der Waals surface area contributed by atoms with E-state index in [1.54, 1.807) is 6.08 Å². The van der Waals surface area contributed by atoms with Gasteiger partial charge in [0.2, 0.25) is 5.95 Å². The Hall–Kier alpha value is -3.60. The van der Waals surface area contributed by atoms with Gasteiger partial charge in [0, 0.05) is 0 Å². The third-order valence-corrected chi connectivity index (χ3v) is 4.82.